The number of nitrogens with one attached hydrogen (secondary N) is 1. The van der Waals surface area contributed by atoms with Crippen LogP contribution in [-0.4, -0.2) is 14.2 Å². The van der Waals surface area contributed by atoms with Gasteiger partial charge in [0.1, 0.15) is 5.69 Å². The molecule has 0 heterocycles. The molecule has 0 radical (unpaired) electrons. The lowest BCUT2D eigenvalue weighted by Crippen LogP contribution is -1.99. The number of hydrogen-bond donors (Lipinski definition) is 1. The van der Waals surface area contributed by atoms with Crippen LogP contribution in [0.5, 0.6) is 11.5 Å². The minimum absolute atomic E-state index is 0.0807. The third-order valence-corrected chi connectivity index (χ3v) is 2.82. The van der Waals surface area contributed by atoms with Crippen LogP contribution < -0.4 is 14.8 Å². The van der Waals surface area contributed by atoms with Crippen molar-refractivity contribution in [1.82, 2.24) is 0 Å². The Morgan fingerprint density at radius 3 is 2.14 bits per heavy atom. The van der Waals surface area contributed by atoms with Crippen LogP contribution in [0.25, 0.3) is 0 Å². The molecule has 0 spiro atoms. The second-order valence-corrected chi connectivity index (χ2v) is 4.12. The van der Waals surface area contributed by atoms with Gasteiger partial charge in [-0.25, -0.2) is 8.78 Å². The molecule has 0 aliphatic carbocycles. The second-order valence-electron chi connectivity index (χ2n) is 4.12. The fraction of sp³-hybridized carbons (Fsp3) is 0.133. The molecule has 0 fully saturated rings. The van der Waals surface area contributed by atoms with Gasteiger partial charge in [0.05, 0.1) is 25.9 Å². The minimum atomic E-state index is -0.846. The number of ether oxygens (including phenoxy) is 2. The molecule has 0 aliphatic heterocycles. The zero-order chi connectivity index (χ0) is 15.4. The van der Waals surface area contributed by atoms with E-state index in [1.54, 1.807) is 24.3 Å². The summed E-state index contributed by atoms with van der Waals surface area (Å²) in [5.74, 6) is -0.761. The molecule has 2 rings (SSSR count). The first kappa shape index (κ1) is 14.6. The van der Waals surface area contributed by atoms with Crippen LogP contribution in [0.1, 0.15) is 5.56 Å². The van der Waals surface area contributed by atoms with Gasteiger partial charge in [-0.3, -0.25) is 0 Å². The molecule has 0 atom stereocenters. The van der Waals surface area contributed by atoms with Gasteiger partial charge in [-0.15, -0.1) is 0 Å². The fourth-order valence-electron chi connectivity index (χ4n) is 1.82. The monoisotopic (exact) mass is 290 g/mol. The van der Waals surface area contributed by atoms with E-state index < -0.39 is 11.6 Å². The number of benzene rings is 2. The summed E-state index contributed by atoms with van der Waals surface area (Å²) in [4.78, 5) is 0. The largest absolute Gasteiger partial charge is 0.493 e. The van der Waals surface area contributed by atoms with Crippen molar-refractivity contribution in [1.29, 1.82) is 5.26 Å². The molecule has 108 valence electrons. The highest BCUT2D eigenvalue weighted by Crippen LogP contribution is 2.32. The quantitative estimate of drug-likeness (QED) is 0.934. The third-order valence-electron chi connectivity index (χ3n) is 2.82. The van der Waals surface area contributed by atoms with Gasteiger partial charge >= 0.3 is 0 Å². The average molecular weight is 290 g/mol. The first-order valence-corrected chi connectivity index (χ1v) is 5.97. The van der Waals surface area contributed by atoms with E-state index in [1.165, 1.54) is 14.2 Å². The predicted octanol–water partition coefficient (Wildman–Crippen LogP) is 3.60. The normalized spacial score (nSPS) is 9.86. The summed E-state index contributed by atoms with van der Waals surface area (Å²) in [7, 11) is 2.95. The number of anilines is 2. The lowest BCUT2D eigenvalue weighted by molar-refractivity contribution is 0.355. The van der Waals surface area contributed by atoms with Gasteiger partial charge < -0.3 is 14.8 Å². The first-order valence-electron chi connectivity index (χ1n) is 5.97. The molecular formula is C15H12F2N2O2. The molecule has 4 nitrogen and oxygen atoms in total. The molecule has 0 amide bonds. The third kappa shape index (κ3) is 3.03. The summed E-state index contributed by atoms with van der Waals surface area (Å²) < 4.78 is 37.8. The Kier molecular flexibility index (Phi) is 4.24. The standard InChI is InChI=1S/C15H12F2N2O2/c1-20-13-4-3-10(7-14(13)21-2)19-15-11(16)5-9(8-18)6-12(15)17/h3-7,19H,1-2H3. The van der Waals surface area contributed by atoms with Crippen LogP contribution in [0.15, 0.2) is 30.3 Å². The molecule has 0 aliphatic rings. The summed E-state index contributed by atoms with van der Waals surface area (Å²) in [5.41, 5.74) is 0.0132. The van der Waals surface area contributed by atoms with Crippen molar-refractivity contribution in [2.45, 2.75) is 0 Å². The van der Waals surface area contributed by atoms with Gasteiger partial charge in [-0.1, -0.05) is 0 Å². The maximum absolute atomic E-state index is 13.8. The van der Waals surface area contributed by atoms with E-state index in [4.69, 9.17) is 14.7 Å². The van der Waals surface area contributed by atoms with E-state index in [9.17, 15) is 8.78 Å². The Morgan fingerprint density at radius 1 is 1.00 bits per heavy atom. The number of methoxy groups -OCH3 is 2. The van der Waals surface area contributed by atoms with E-state index in [0.717, 1.165) is 12.1 Å². The molecule has 0 unspecified atom stereocenters. The van der Waals surface area contributed by atoms with Gasteiger partial charge in [0, 0.05) is 11.8 Å². The number of rotatable bonds is 4. The first-order chi connectivity index (χ1) is 10.1. The van der Waals surface area contributed by atoms with Gasteiger partial charge in [0.2, 0.25) is 0 Å². The van der Waals surface area contributed by atoms with Crippen molar-refractivity contribution < 1.29 is 18.3 Å². The molecule has 1 N–H and O–H groups in total. The predicted molar refractivity (Wildman–Crippen MR) is 73.9 cm³/mol. The van der Waals surface area contributed by atoms with Crippen LogP contribution in [0, 0.1) is 23.0 Å². The summed E-state index contributed by atoms with van der Waals surface area (Å²) in [6.45, 7) is 0. The van der Waals surface area contributed by atoms with E-state index in [2.05, 4.69) is 5.32 Å². The fourth-order valence-corrected chi connectivity index (χ4v) is 1.82. The maximum atomic E-state index is 13.8. The van der Waals surface area contributed by atoms with Gasteiger partial charge in [0.25, 0.3) is 0 Å². The molecule has 0 saturated heterocycles. The summed E-state index contributed by atoms with van der Waals surface area (Å²) in [6, 6.07) is 8.38. The smallest absolute Gasteiger partial charge is 0.162 e. The van der Waals surface area contributed by atoms with Crippen molar-refractivity contribution >= 4 is 11.4 Å². The zero-order valence-electron chi connectivity index (χ0n) is 11.4. The lowest BCUT2D eigenvalue weighted by Gasteiger charge is -2.12. The Morgan fingerprint density at radius 2 is 1.62 bits per heavy atom. The van der Waals surface area contributed by atoms with Gasteiger partial charge in [0.15, 0.2) is 23.1 Å². The van der Waals surface area contributed by atoms with Gasteiger partial charge in [-0.05, 0) is 24.3 Å². The maximum Gasteiger partial charge on any atom is 0.162 e. The van der Waals surface area contributed by atoms with Crippen LogP contribution in [0.2, 0.25) is 0 Å². The Bertz CT molecular complexity index is 688. The van der Waals surface area contributed by atoms with E-state index >= 15 is 0 Å². The summed E-state index contributed by atoms with van der Waals surface area (Å²) in [5, 5.41) is 11.3. The van der Waals surface area contributed by atoms with Crippen LogP contribution in [0.4, 0.5) is 20.2 Å². The SMILES string of the molecule is COc1ccc(Nc2c(F)cc(C#N)cc2F)cc1OC. The highest BCUT2D eigenvalue weighted by Gasteiger charge is 2.13. The number of hydrogen-bond acceptors (Lipinski definition) is 4. The Labute approximate surface area is 120 Å². The summed E-state index contributed by atoms with van der Waals surface area (Å²) in [6.07, 6.45) is 0. The van der Waals surface area contributed by atoms with Crippen molar-refractivity contribution in [3.63, 3.8) is 0 Å². The van der Waals surface area contributed by atoms with E-state index in [1.807, 2.05) is 0 Å². The van der Waals surface area contributed by atoms with Crippen molar-refractivity contribution in [2.24, 2.45) is 0 Å². The van der Waals surface area contributed by atoms with Crippen molar-refractivity contribution in [3.05, 3.63) is 47.5 Å². The van der Waals surface area contributed by atoms with Crippen LogP contribution >= 0.6 is 0 Å². The molecule has 2 aromatic carbocycles. The highest BCUT2D eigenvalue weighted by molar-refractivity contribution is 5.65. The lowest BCUT2D eigenvalue weighted by atomic mass is 10.2. The molecular weight excluding hydrogens is 278 g/mol. The Hall–Kier alpha value is -2.81. The van der Waals surface area contributed by atoms with Gasteiger partial charge in [-0.2, -0.15) is 5.26 Å². The molecule has 21 heavy (non-hydrogen) atoms. The zero-order valence-corrected chi connectivity index (χ0v) is 11.4. The van der Waals surface area contributed by atoms with Crippen molar-refractivity contribution in [2.75, 3.05) is 19.5 Å². The van der Waals surface area contributed by atoms with E-state index in [0.29, 0.717) is 17.2 Å². The number of nitriles is 1. The molecule has 0 saturated carbocycles. The second kappa shape index (κ2) is 6.09. The topological polar surface area (TPSA) is 54.3 Å². The number of nitrogens with zero attached hydrogens (tertiary/aromatic N) is 1. The highest BCUT2D eigenvalue weighted by atomic mass is 19.1. The Balaban J connectivity index is 2.37. The van der Waals surface area contributed by atoms with Crippen molar-refractivity contribution in [3.8, 4) is 17.6 Å². The molecule has 2 aromatic rings. The molecule has 0 aromatic heterocycles. The summed E-state index contributed by atoms with van der Waals surface area (Å²) >= 11 is 0. The van der Waals surface area contributed by atoms with Crippen LogP contribution in [-0.2, 0) is 0 Å². The molecule has 6 heteroatoms. The average Bonchev–Trinajstić information content (AvgIpc) is 2.50. The number of halogens is 2. The van der Waals surface area contributed by atoms with E-state index in [-0.39, 0.29) is 11.3 Å². The van der Waals surface area contributed by atoms with Crippen LogP contribution in [0.3, 0.4) is 0 Å². The minimum Gasteiger partial charge on any atom is -0.493 e. The molecule has 0 bridgehead atoms.